The summed E-state index contributed by atoms with van der Waals surface area (Å²) in [7, 11) is 0. The maximum atomic E-state index is 10.7. The van der Waals surface area contributed by atoms with E-state index in [9.17, 15) is 10.2 Å². The van der Waals surface area contributed by atoms with E-state index >= 15 is 0 Å². The fourth-order valence-corrected chi connectivity index (χ4v) is 4.53. The van der Waals surface area contributed by atoms with Gasteiger partial charge >= 0.3 is 0 Å². The number of aromatic hydroxyl groups is 2. The Hall–Kier alpha value is -3.60. The number of benzene rings is 2. The molecule has 3 aromatic heterocycles. The number of hydrogen-bond acceptors (Lipinski definition) is 2. The minimum atomic E-state index is -0.0265. The molecule has 5 aromatic rings. The van der Waals surface area contributed by atoms with E-state index in [1.165, 1.54) is 11.1 Å². The van der Waals surface area contributed by atoms with E-state index in [0.717, 1.165) is 40.4 Å². The highest BCUT2D eigenvalue weighted by Crippen LogP contribution is 2.49. The van der Waals surface area contributed by atoms with Gasteiger partial charge in [-0.05, 0) is 18.1 Å². The largest absolute Gasteiger partial charge is 0.494 e. The van der Waals surface area contributed by atoms with Crippen LogP contribution in [0.3, 0.4) is 0 Å². The molecule has 0 aliphatic carbocycles. The summed E-state index contributed by atoms with van der Waals surface area (Å²) >= 11 is 0. The van der Waals surface area contributed by atoms with Crippen LogP contribution in [-0.2, 0) is 13.0 Å². The first-order valence-electron chi connectivity index (χ1n) is 9.04. The molecule has 0 saturated heterocycles. The molecule has 6 rings (SSSR count). The minimum absolute atomic E-state index is 0.0159. The third-order valence-electron chi connectivity index (χ3n) is 5.69. The number of hydrogen-bond donors (Lipinski definition) is 4. The van der Waals surface area contributed by atoms with Gasteiger partial charge in [-0.25, -0.2) is 0 Å². The summed E-state index contributed by atoms with van der Waals surface area (Å²) in [6.07, 6.45) is 5.00. The number of nitrogens with one attached hydrogen (secondary N) is 2. The van der Waals surface area contributed by atoms with Crippen LogP contribution in [0.5, 0.6) is 11.8 Å². The van der Waals surface area contributed by atoms with Crippen molar-refractivity contribution in [1.82, 2.24) is 14.5 Å². The highest BCUT2D eigenvalue weighted by Gasteiger charge is 2.26. The molecular weight excluding hydrogens is 338 g/mol. The molecule has 2 aromatic carbocycles. The second kappa shape index (κ2) is 4.98. The first-order chi connectivity index (χ1) is 13.2. The Bertz CT molecular complexity index is 1350. The zero-order chi connectivity index (χ0) is 18.1. The summed E-state index contributed by atoms with van der Waals surface area (Å²) in [5.41, 5.74) is 6.59. The van der Waals surface area contributed by atoms with Crippen molar-refractivity contribution in [3.05, 3.63) is 60.4 Å². The van der Waals surface area contributed by atoms with Gasteiger partial charge in [-0.15, -0.1) is 0 Å². The van der Waals surface area contributed by atoms with E-state index in [0.29, 0.717) is 11.1 Å². The van der Waals surface area contributed by atoms with E-state index in [4.69, 9.17) is 0 Å². The Balaban J connectivity index is 1.70. The number of aryl methyl sites for hydroxylation is 2. The molecule has 0 amide bonds. The van der Waals surface area contributed by atoms with Crippen LogP contribution < -0.4 is 0 Å². The SMILES string of the molecule is Oc1[nH]c(O)c(-c2cn3c4c(cccc24)CC3)c1-c1c[nH]c2ccccc12. The van der Waals surface area contributed by atoms with Crippen molar-refractivity contribution >= 4 is 21.8 Å². The highest BCUT2D eigenvalue weighted by atomic mass is 16.3. The van der Waals surface area contributed by atoms with Crippen LogP contribution in [-0.4, -0.2) is 24.7 Å². The third kappa shape index (κ3) is 1.83. The Kier molecular flexibility index (Phi) is 2.68. The van der Waals surface area contributed by atoms with E-state index in [2.05, 4.69) is 38.9 Å². The van der Waals surface area contributed by atoms with Crippen LogP contribution in [0, 0.1) is 0 Å². The normalized spacial score (nSPS) is 13.2. The van der Waals surface area contributed by atoms with Crippen LogP contribution >= 0.6 is 0 Å². The lowest BCUT2D eigenvalue weighted by Crippen LogP contribution is -1.88. The lowest BCUT2D eigenvalue weighted by atomic mass is 9.96. The summed E-state index contributed by atoms with van der Waals surface area (Å²) in [6, 6.07) is 14.3. The number of aromatic nitrogens is 3. The van der Waals surface area contributed by atoms with E-state index < -0.39 is 0 Å². The standard InChI is InChI=1S/C22H17N3O2/c26-21-18(15-10-23-17-7-2-1-5-13(15)17)19(22(27)24-21)16-11-25-9-8-12-4-3-6-14(16)20(12)25/h1-7,10-11,23-24,26-27H,8-9H2. The molecule has 4 heterocycles. The maximum Gasteiger partial charge on any atom is 0.200 e. The molecule has 0 unspecified atom stereocenters. The van der Waals surface area contributed by atoms with Gasteiger partial charge in [0, 0.05) is 46.4 Å². The smallest absolute Gasteiger partial charge is 0.200 e. The predicted octanol–water partition coefficient (Wildman–Crippen LogP) is 4.75. The monoisotopic (exact) mass is 355 g/mol. The van der Waals surface area contributed by atoms with Gasteiger partial charge in [-0.1, -0.05) is 36.4 Å². The van der Waals surface area contributed by atoms with Crippen LogP contribution in [0.1, 0.15) is 5.56 Å². The van der Waals surface area contributed by atoms with Crippen molar-refractivity contribution < 1.29 is 10.2 Å². The number of rotatable bonds is 2. The van der Waals surface area contributed by atoms with Gasteiger partial charge in [0.1, 0.15) is 0 Å². The summed E-state index contributed by atoms with van der Waals surface area (Å²) in [6.45, 7) is 0.940. The Morgan fingerprint density at radius 1 is 0.852 bits per heavy atom. The van der Waals surface area contributed by atoms with Crippen molar-refractivity contribution in [3.63, 3.8) is 0 Å². The lowest BCUT2D eigenvalue weighted by Gasteiger charge is -2.05. The average Bonchev–Trinajstić information content (AvgIpc) is 3.41. The van der Waals surface area contributed by atoms with Crippen molar-refractivity contribution in [3.8, 4) is 34.0 Å². The minimum Gasteiger partial charge on any atom is -0.494 e. The first-order valence-corrected chi connectivity index (χ1v) is 9.04. The number of fused-ring (bicyclic) bond motifs is 1. The molecule has 5 nitrogen and oxygen atoms in total. The van der Waals surface area contributed by atoms with Crippen LogP contribution in [0.15, 0.2) is 54.9 Å². The van der Waals surface area contributed by atoms with Crippen molar-refractivity contribution in [2.24, 2.45) is 0 Å². The van der Waals surface area contributed by atoms with E-state index in [1.54, 1.807) is 0 Å². The van der Waals surface area contributed by atoms with Gasteiger partial charge in [0.15, 0.2) is 11.8 Å². The Labute approximate surface area is 154 Å². The molecule has 0 fully saturated rings. The van der Waals surface area contributed by atoms with Gasteiger partial charge in [0.05, 0.1) is 16.6 Å². The van der Waals surface area contributed by atoms with Crippen LogP contribution in [0.4, 0.5) is 0 Å². The van der Waals surface area contributed by atoms with Crippen molar-refractivity contribution in [1.29, 1.82) is 0 Å². The fourth-order valence-electron chi connectivity index (χ4n) is 4.53. The number of H-pyrrole nitrogens is 2. The molecule has 27 heavy (non-hydrogen) atoms. The summed E-state index contributed by atoms with van der Waals surface area (Å²) < 4.78 is 2.24. The summed E-state index contributed by atoms with van der Waals surface area (Å²) in [5.74, 6) is -0.0424. The van der Waals surface area contributed by atoms with Gasteiger partial charge in [-0.3, -0.25) is 4.98 Å². The van der Waals surface area contributed by atoms with Crippen LogP contribution in [0.2, 0.25) is 0 Å². The predicted molar refractivity (Wildman–Crippen MR) is 106 cm³/mol. The first kappa shape index (κ1) is 14.6. The van der Waals surface area contributed by atoms with Crippen molar-refractivity contribution in [2.75, 3.05) is 0 Å². The highest BCUT2D eigenvalue weighted by molar-refractivity contribution is 6.08. The second-order valence-corrected chi connectivity index (χ2v) is 7.12. The summed E-state index contributed by atoms with van der Waals surface area (Å²) in [4.78, 5) is 5.97. The second-order valence-electron chi connectivity index (χ2n) is 7.12. The molecule has 5 heteroatoms. The van der Waals surface area contributed by atoms with Crippen LogP contribution in [0.25, 0.3) is 44.1 Å². The summed E-state index contributed by atoms with van der Waals surface area (Å²) in [5, 5.41) is 23.4. The number of nitrogens with zero attached hydrogens (tertiary/aromatic N) is 1. The average molecular weight is 355 g/mol. The fraction of sp³-hybridized carbons (Fsp3) is 0.0909. The lowest BCUT2D eigenvalue weighted by molar-refractivity contribution is 0.426. The van der Waals surface area contributed by atoms with E-state index in [1.807, 2.05) is 30.5 Å². The van der Waals surface area contributed by atoms with Gasteiger partial charge in [-0.2, -0.15) is 0 Å². The Morgan fingerprint density at radius 3 is 2.52 bits per heavy atom. The molecular formula is C22H17N3O2. The molecule has 0 spiro atoms. The number of para-hydroxylation sites is 2. The maximum absolute atomic E-state index is 10.7. The molecule has 0 radical (unpaired) electrons. The number of aromatic amines is 2. The van der Waals surface area contributed by atoms with Crippen molar-refractivity contribution in [2.45, 2.75) is 13.0 Å². The van der Waals surface area contributed by atoms with Gasteiger partial charge in [0.2, 0.25) is 0 Å². The molecule has 1 aliphatic heterocycles. The van der Waals surface area contributed by atoms with Gasteiger partial charge < -0.3 is 19.8 Å². The quantitative estimate of drug-likeness (QED) is 0.369. The third-order valence-corrected chi connectivity index (χ3v) is 5.69. The zero-order valence-electron chi connectivity index (χ0n) is 14.5. The van der Waals surface area contributed by atoms with E-state index in [-0.39, 0.29) is 11.8 Å². The molecule has 4 N–H and O–H groups in total. The molecule has 1 aliphatic rings. The molecule has 132 valence electrons. The Morgan fingerprint density at radius 2 is 1.63 bits per heavy atom. The molecule has 0 bridgehead atoms. The van der Waals surface area contributed by atoms with Gasteiger partial charge in [0.25, 0.3) is 0 Å². The topological polar surface area (TPSA) is 77.0 Å². The molecule has 0 atom stereocenters. The molecule has 0 saturated carbocycles. The zero-order valence-corrected chi connectivity index (χ0v) is 14.5.